The van der Waals surface area contributed by atoms with E-state index in [2.05, 4.69) is 0 Å². The Balaban J connectivity index is 3.16. The van der Waals surface area contributed by atoms with Crippen LogP contribution in [0.4, 0.5) is 0 Å². The second kappa shape index (κ2) is 4.83. The van der Waals surface area contributed by atoms with Crippen LogP contribution in [0, 0.1) is 0 Å². The monoisotopic (exact) mass is 197 g/mol. The zero-order valence-corrected chi connectivity index (χ0v) is 8.37. The third kappa shape index (κ3) is 1.97. The van der Waals surface area contributed by atoms with Crippen LogP contribution < -0.4 is 10.2 Å². The van der Waals surface area contributed by atoms with Crippen molar-refractivity contribution in [3.05, 3.63) is 23.3 Å². The van der Waals surface area contributed by atoms with Crippen molar-refractivity contribution in [3.63, 3.8) is 0 Å². The number of phenols is 1. The van der Waals surface area contributed by atoms with Gasteiger partial charge in [-0.05, 0) is 18.1 Å². The van der Waals surface area contributed by atoms with Crippen molar-refractivity contribution in [1.82, 2.24) is 5.48 Å². The highest BCUT2D eigenvalue weighted by atomic mass is 16.5. The van der Waals surface area contributed by atoms with Gasteiger partial charge in [0, 0.05) is 12.1 Å². The minimum atomic E-state index is 0.0911. The molecular formula is C10H15NO3. The van der Waals surface area contributed by atoms with Crippen LogP contribution in [-0.4, -0.2) is 17.4 Å². The standard InChI is InChI=1S/C10H15NO3/c1-3-7-4-5-9(14-2)10(12)8(7)6-11-13/h4-5,11-13H,3,6H2,1-2H3. The van der Waals surface area contributed by atoms with Crippen LogP contribution in [0.1, 0.15) is 18.1 Å². The number of aromatic hydroxyl groups is 1. The molecule has 0 aliphatic carbocycles. The molecule has 0 fully saturated rings. The number of rotatable bonds is 4. The lowest BCUT2D eigenvalue weighted by Crippen LogP contribution is -2.09. The average molecular weight is 197 g/mol. The normalized spacial score (nSPS) is 10.2. The lowest BCUT2D eigenvalue weighted by molar-refractivity contribution is 0.159. The van der Waals surface area contributed by atoms with Gasteiger partial charge in [0.1, 0.15) is 0 Å². The summed E-state index contributed by atoms with van der Waals surface area (Å²) in [5.41, 5.74) is 3.70. The number of hydrogen-bond acceptors (Lipinski definition) is 4. The molecule has 1 aromatic rings. The molecule has 0 aliphatic rings. The molecule has 0 bridgehead atoms. The molecule has 0 saturated heterocycles. The van der Waals surface area contributed by atoms with E-state index in [1.807, 2.05) is 18.5 Å². The summed E-state index contributed by atoms with van der Waals surface area (Å²) in [4.78, 5) is 0. The number of hydroxylamine groups is 1. The minimum absolute atomic E-state index is 0.0911. The molecule has 0 amide bonds. The van der Waals surface area contributed by atoms with Gasteiger partial charge in [0.25, 0.3) is 0 Å². The van der Waals surface area contributed by atoms with E-state index >= 15 is 0 Å². The predicted octanol–water partition coefficient (Wildman–Crippen LogP) is 1.44. The Kier molecular flexibility index (Phi) is 3.73. The lowest BCUT2D eigenvalue weighted by atomic mass is 10.0. The van der Waals surface area contributed by atoms with Crippen molar-refractivity contribution in [3.8, 4) is 11.5 Å². The van der Waals surface area contributed by atoms with E-state index in [1.165, 1.54) is 7.11 Å². The van der Waals surface area contributed by atoms with E-state index in [4.69, 9.17) is 9.94 Å². The molecule has 0 spiro atoms. The van der Waals surface area contributed by atoms with Gasteiger partial charge in [-0.1, -0.05) is 13.0 Å². The van der Waals surface area contributed by atoms with Crippen molar-refractivity contribution < 1.29 is 15.1 Å². The summed E-state index contributed by atoms with van der Waals surface area (Å²) in [6.45, 7) is 2.20. The van der Waals surface area contributed by atoms with E-state index < -0.39 is 0 Å². The largest absolute Gasteiger partial charge is 0.504 e. The van der Waals surface area contributed by atoms with Crippen LogP contribution in [0.25, 0.3) is 0 Å². The van der Waals surface area contributed by atoms with Gasteiger partial charge in [0.15, 0.2) is 11.5 Å². The van der Waals surface area contributed by atoms with Gasteiger partial charge < -0.3 is 15.1 Å². The van der Waals surface area contributed by atoms with Crippen LogP contribution in [0.15, 0.2) is 12.1 Å². The number of aryl methyl sites for hydroxylation is 1. The van der Waals surface area contributed by atoms with E-state index in [9.17, 15) is 5.11 Å². The molecule has 0 saturated carbocycles. The smallest absolute Gasteiger partial charge is 0.162 e. The number of methoxy groups -OCH3 is 1. The topological polar surface area (TPSA) is 61.7 Å². The van der Waals surface area contributed by atoms with E-state index in [0.717, 1.165) is 12.0 Å². The summed E-state index contributed by atoms with van der Waals surface area (Å²) in [5, 5.41) is 18.4. The lowest BCUT2D eigenvalue weighted by Gasteiger charge is -2.12. The number of phenolic OH excluding ortho intramolecular Hbond substituents is 1. The molecule has 3 N–H and O–H groups in total. The van der Waals surface area contributed by atoms with Crippen molar-refractivity contribution in [2.24, 2.45) is 0 Å². The molecule has 0 heterocycles. The molecule has 78 valence electrons. The minimum Gasteiger partial charge on any atom is -0.504 e. The molecule has 4 heteroatoms. The van der Waals surface area contributed by atoms with Crippen molar-refractivity contribution in [2.75, 3.05) is 7.11 Å². The molecule has 1 aromatic carbocycles. The summed E-state index contributed by atoms with van der Waals surface area (Å²) in [6.07, 6.45) is 0.800. The fourth-order valence-corrected chi connectivity index (χ4v) is 1.43. The van der Waals surface area contributed by atoms with E-state index in [-0.39, 0.29) is 12.3 Å². The number of ether oxygens (including phenoxy) is 1. The Hall–Kier alpha value is -1.26. The Labute approximate surface area is 83.1 Å². The summed E-state index contributed by atoms with van der Waals surface area (Å²) < 4.78 is 4.97. The first kappa shape index (κ1) is 10.8. The molecule has 0 atom stereocenters. The quantitative estimate of drug-likeness (QED) is 0.639. The van der Waals surface area contributed by atoms with Crippen molar-refractivity contribution in [2.45, 2.75) is 19.9 Å². The summed E-state index contributed by atoms with van der Waals surface area (Å²) in [7, 11) is 1.50. The molecule has 4 nitrogen and oxygen atoms in total. The highest BCUT2D eigenvalue weighted by Gasteiger charge is 2.11. The first-order chi connectivity index (χ1) is 6.74. The van der Waals surface area contributed by atoms with Gasteiger partial charge in [-0.2, -0.15) is 0 Å². The molecule has 14 heavy (non-hydrogen) atoms. The van der Waals surface area contributed by atoms with Gasteiger partial charge in [0.05, 0.1) is 7.11 Å². The molecule has 0 aromatic heterocycles. The van der Waals surface area contributed by atoms with Gasteiger partial charge in [0.2, 0.25) is 0 Å². The van der Waals surface area contributed by atoms with Crippen LogP contribution in [-0.2, 0) is 13.0 Å². The predicted molar refractivity (Wildman–Crippen MR) is 52.7 cm³/mol. The highest BCUT2D eigenvalue weighted by Crippen LogP contribution is 2.32. The van der Waals surface area contributed by atoms with Gasteiger partial charge >= 0.3 is 0 Å². The highest BCUT2D eigenvalue weighted by molar-refractivity contribution is 5.49. The SMILES string of the molecule is CCc1ccc(OC)c(O)c1CNO. The Morgan fingerprint density at radius 3 is 2.64 bits per heavy atom. The zero-order valence-electron chi connectivity index (χ0n) is 8.37. The number of nitrogens with one attached hydrogen (secondary N) is 1. The van der Waals surface area contributed by atoms with Gasteiger partial charge in [-0.25, -0.2) is 5.48 Å². The van der Waals surface area contributed by atoms with E-state index in [0.29, 0.717) is 11.3 Å². The Morgan fingerprint density at radius 2 is 2.14 bits per heavy atom. The summed E-state index contributed by atoms with van der Waals surface area (Å²) in [5.74, 6) is 0.515. The second-order valence-corrected chi connectivity index (χ2v) is 2.94. The average Bonchev–Trinajstić information content (AvgIpc) is 2.21. The maximum Gasteiger partial charge on any atom is 0.162 e. The first-order valence-electron chi connectivity index (χ1n) is 4.49. The third-order valence-corrected chi connectivity index (χ3v) is 2.20. The fourth-order valence-electron chi connectivity index (χ4n) is 1.43. The molecule has 0 aliphatic heterocycles. The van der Waals surface area contributed by atoms with Crippen molar-refractivity contribution in [1.29, 1.82) is 0 Å². The van der Waals surface area contributed by atoms with Crippen LogP contribution >= 0.6 is 0 Å². The Morgan fingerprint density at radius 1 is 1.43 bits per heavy atom. The van der Waals surface area contributed by atoms with Crippen LogP contribution in [0.3, 0.4) is 0 Å². The van der Waals surface area contributed by atoms with Crippen LogP contribution in [0.5, 0.6) is 11.5 Å². The second-order valence-electron chi connectivity index (χ2n) is 2.94. The summed E-state index contributed by atoms with van der Waals surface area (Å²) >= 11 is 0. The third-order valence-electron chi connectivity index (χ3n) is 2.20. The van der Waals surface area contributed by atoms with Gasteiger partial charge in [-0.3, -0.25) is 0 Å². The van der Waals surface area contributed by atoms with Crippen LogP contribution in [0.2, 0.25) is 0 Å². The van der Waals surface area contributed by atoms with E-state index in [1.54, 1.807) is 6.07 Å². The fraction of sp³-hybridized carbons (Fsp3) is 0.400. The number of benzene rings is 1. The molecule has 0 unspecified atom stereocenters. The summed E-state index contributed by atoms with van der Waals surface area (Å²) in [6, 6.07) is 3.60. The van der Waals surface area contributed by atoms with Crippen molar-refractivity contribution >= 4 is 0 Å². The molecular weight excluding hydrogens is 182 g/mol. The first-order valence-corrected chi connectivity index (χ1v) is 4.49. The maximum atomic E-state index is 9.76. The van der Waals surface area contributed by atoms with Gasteiger partial charge in [-0.15, -0.1) is 0 Å². The molecule has 1 rings (SSSR count). The zero-order chi connectivity index (χ0) is 10.6. The molecule has 0 radical (unpaired) electrons. The Bertz CT molecular complexity index is 312. The maximum absolute atomic E-state index is 9.76. The number of hydrogen-bond donors (Lipinski definition) is 3.